The minimum absolute atomic E-state index is 0. The normalized spacial score (nSPS) is 17.6. The zero-order valence-electron chi connectivity index (χ0n) is 28.7. The molecule has 2 aliphatic rings. The van der Waals surface area contributed by atoms with Crippen LogP contribution in [0.25, 0.3) is 0 Å². The third-order valence-corrected chi connectivity index (χ3v) is 10.4. The topological polar surface area (TPSA) is 192 Å². The summed E-state index contributed by atoms with van der Waals surface area (Å²) in [7, 11) is -8.56. The maximum atomic E-state index is 11.7. The van der Waals surface area contributed by atoms with Crippen molar-refractivity contribution in [2.45, 2.75) is 51.4 Å². The molecule has 0 fully saturated rings. The second-order valence-electron chi connectivity index (χ2n) is 12.9. The largest absolute Gasteiger partial charge is 1.00 e. The van der Waals surface area contributed by atoms with Crippen LogP contribution in [0.5, 0.6) is 0 Å². The molecule has 3 N–H and O–H groups in total. The Morgan fingerprint density at radius 1 is 0.820 bits per heavy atom. The molecule has 2 heterocycles. The fourth-order valence-electron chi connectivity index (χ4n) is 6.39. The smallest absolute Gasteiger partial charge is 0.748 e. The Kier molecular flexibility index (Phi) is 13.0. The third-order valence-electron chi connectivity index (χ3n) is 8.79. The molecule has 2 aromatic carbocycles. The van der Waals surface area contributed by atoms with E-state index in [9.17, 15) is 45.7 Å². The number of rotatable bonds is 14. The van der Waals surface area contributed by atoms with Crippen molar-refractivity contribution >= 4 is 49.3 Å². The number of benzene rings is 2. The Balaban J connectivity index is 0.00000676. The van der Waals surface area contributed by atoms with E-state index in [0.29, 0.717) is 0 Å². The second-order valence-corrected chi connectivity index (χ2v) is 16.0. The number of hydrogen-bond acceptors (Lipinski definition) is 8. The van der Waals surface area contributed by atoms with Crippen molar-refractivity contribution < 1.29 is 79.9 Å². The van der Waals surface area contributed by atoms with Gasteiger partial charge in [0.15, 0.2) is 5.71 Å². The van der Waals surface area contributed by atoms with Crippen LogP contribution in [-0.4, -0.2) is 83.0 Å². The van der Waals surface area contributed by atoms with Crippen molar-refractivity contribution in [2.24, 2.45) is 0 Å². The summed E-state index contributed by atoms with van der Waals surface area (Å²) < 4.78 is 67.7. The monoisotopic (exact) mass is 735 g/mol. The number of carbonyl (C=O) groups is 2. The molecule has 0 aromatic heterocycles. The Morgan fingerprint density at radius 2 is 1.40 bits per heavy atom. The first kappa shape index (κ1) is 41.1. The predicted octanol–water partition coefficient (Wildman–Crippen LogP) is 2.03. The predicted molar refractivity (Wildman–Crippen MR) is 186 cm³/mol. The van der Waals surface area contributed by atoms with E-state index in [1.807, 2.05) is 55.4 Å². The van der Waals surface area contributed by atoms with Crippen LogP contribution in [0.15, 0.2) is 84.6 Å². The summed E-state index contributed by atoms with van der Waals surface area (Å²) in [6.45, 7) is 8.32. The van der Waals surface area contributed by atoms with E-state index in [0.717, 1.165) is 33.9 Å². The van der Waals surface area contributed by atoms with Crippen molar-refractivity contribution in [3.8, 4) is 0 Å². The molecular formula is C35H40N2NaO10S2+. The zero-order valence-corrected chi connectivity index (χ0v) is 32.3. The van der Waals surface area contributed by atoms with Gasteiger partial charge in [0.25, 0.3) is 10.1 Å². The maximum absolute atomic E-state index is 11.7. The van der Waals surface area contributed by atoms with E-state index in [1.54, 1.807) is 48.6 Å². The minimum atomic E-state index is -4.40. The molecule has 0 atom stereocenters. The van der Waals surface area contributed by atoms with Crippen molar-refractivity contribution in [1.29, 1.82) is 0 Å². The fourth-order valence-corrected chi connectivity index (χ4v) is 7.37. The number of nitrogens with zero attached hydrogens (tertiary/aromatic N) is 2. The summed E-state index contributed by atoms with van der Waals surface area (Å²) in [6.07, 6.45) is 13.0. The molecule has 2 aromatic rings. The van der Waals surface area contributed by atoms with Crippen LogP contribution in [0.3, 0.4) is 0 Å². The van der Waals surface area contributed by atoms with E-state index in [4.69, 9.17) is 0 Å². The number of allylic oxidation sites excluding steroid dienone is 8. The Bertz CT molecular complexity index is 2040. The first-order valence-electron chi connectivity index (χ1n) is 15.5. The van der Waals surface area contributed by atoms with E-state index < -0.39 is 54.5 Å². The van der Waals surface area contributed by atoms with Gasteiger partial charge in [-0.05, 0) is 62.2 Å². The van der Waals surface area contributed by atoms with Crippen LogP contribution in [0.2, 0.25) is 0 Å². The van der Waals surface area contributed by atoms with Crippen LogP contribution in [0, 0.1) is 0 Å². The molecule has 0 amide bonds. The Morgan fingerprint density at radius 3 is 2.00 bits per heavy atom. The third kappa shape index (κ3) is 9.49. The first-order valence-corrected chi connectivity index (χ1v) is 18.7. The number of anilines is 1. The van der Waals surface area contributed by atoms with Crippen molar-refractivity contribution in [3.63, 3.8) is 0 Å². The Hall–Kier alpha value is -3.37. The Labute approximate surface area is 315 Å². The molecular weight excluding hydrogens is 696 g/mol. The number of carboxylic acids is 2. The van der Waals surface area contributed by atoms with Gasteiger partial charge in [-0.25, -0.2) is 18.0 Å². The number of hydrogen-bond donors (Lipinski definition) is 3. The first-order chi connectivity index (χ1) is 22.7. The van der Waals surface area contributed by atoms with Gasteiger partial charge in [0.1, 0.15) is 6.54 Å². The summed E-state index contributed by atoms with van der Waals surface area (Å²) in [5.41, 5.74) is 3.70. The van der Waals surface area contributed by atoms with E-state index >= 15 is 0 Å². The maximum Gasteiger partial charge on any atom is 1.00 e. The van der Waals surface area contributed by atoms with E-state index in [1.165, 1.54) is 12.1 Å². The molecule has 12 nitrogen and oxygen atoms in total. The molecule has 4 rings (SSSR count). The van der Waals surface area contributed by atoms with Gasteiger partial charge < -0.3 is 19.7 Å². The van der Waals surface area contributed by atoms with Crippen LogP contribution < -0.4 is 34.5 Å². The van der Waals surface area contributed by atoms with Crippen molar-refractivity contribution in [2.75, 3.05) is 29.5 Å². The number of fused-ring (bicyclic) bond motifs is 2. The van der Waals surface area contributed by atoms with Gasteiger partial charge in [-0.2, -0.15) is 13.0 Å². The van der Waals surface area contributed by atoms with Gasteiger partial charge in [0.05, 0.1) is 32.4 Å². The van der Waals surface area contributed by atoms with Gasteiger partial charge in [0, 0.05) is 53.2 Å². The molecule has 0 bridgehead atoms. The number of carboxylic acid groups (broad SMARTS) is 2. The molecule has 0 saturated carbocycles. The molecule has 15 heteroatoms. The SMILES string of the molecule is CC1(C)C(=CC=CC=CC=CC2=[N+](CCCS(=O)(=O)[O-])c3ccc(C(=O)O)cc3C2(C)C)N(CCCS(=O)(=O)O)c2ccc(C(=O)O)cc21.[Na+]. The van der Waals surface area contributed by atoms with Gasteiger partial charge in [-0.15, -0.1) is 0 Å². The molecule has 0 saturated heterocycles. The average molecular weight is 736 g/mol. The van der Waals surface area contributed by atoms with Crippen molar-refractivity contribution in [3.05, 3.63) is 107 Å². The van der Waals surface area contributed by atoms with Gasteiger partial charge >= 0.3 is 41.5 Å². The standard InChI is InChI=1S/C35H40N2O10S2.Na/c1-34(2)26-22-24(32(38)39)14-16-28(26)36(18-10-20-48(42,43)44)30(34)12-8-6-5-7-9-13-31-35(3,4)27-23-25(33(40)41)15-17-29(27)37(31)19-11-21-49(45,46)47;/h5-9,12-17,22-23H,10-11,18-21H2,1-4H3,(H3-,38,39,40,41,42,43,44,45,46,47);/q;+1. The summed E-state index contributed by atoms with van der Waals surface area (Å²) in [6, 6.07) is 9.62. The molecule has 50 heavy (non-hydrogen) atoms. The second kappa shape index (κ2) is 15.9. The minimum Gasteiger partial charge on any atom is -0.748 e. The molecule has 2 aliphatic heterocycles. The summed E-state index contributed by atoms with van der Waals surface area (Å²) in [5.74, 6) is -3.06. The summed E-state index contributed by atoms with van der Waals surface area (Å²) >= 11 is 0. The fraction of sp³-hybridized carbons (Fsp3) is 0.343. The van der Waals surface area contributed by atoms with Crippen LogP contribution in [0.4, 0.5) is 11.4 Å². The van der Waals surface area contributed by atoms with Gasteiger partial charge in [-0.1, -0.05) is 44.2 Å². The van der Waals surface area contributed by atoms with E-state index in [-0.39, 0.29) is 66.6 Å². The molecule has 0 radical (unpaired) electrons. The molecule has 0 aliphatic carbocycles. The van der Waals surface area contributed by atoms with Crippen LogP contribution in [-0.2, 0) is 31.1 Å². The molecule has 0 spiro atoms. The van der Waals surface area contributed by atoms with E-state index in [2.05, 4.69) is 0 Å². The average Bonchev–Trinajstić information content (AvgIpc) is 3.33. The van der Waals surface area contributed by atoms with Gasteiger partial charge in [0.2, 0.25) is 5.69 Å². The van der Waals surface area contributed by atoms with Gasteiger partial charge in [-0.3, -0.25) is 4.55 Å². The molecule has 0 unspecified atom stereocenters. The quantitative estimate of drug-likeness (QED) is 0.111. The molecule has 262 valence electrons. The van der Waals surface area contributed by atoms with Crippen LogP contribution in [0.1, 0.15) is 72.4 Å². The van der Waals surface area contributed by atoms with Crippen molar-refractivity contribution in [1.82, 2.24) is 0 Å². The number of aromatic carboxylic acids is 2. The summed E-state index contributed by atoms with van der Waals surface area (Å²) in [5, 5.41) is 19.1. The summed E-state index contributed by atoms with van der Waals surface area (Å²) in [4.78, 5) is 25.3. The van der Waals surface area contributed by atoms with Crippen LogP contribution >= 0.6 is 0 Å². The zero-order chi connectivity index (χ0) is 36.4.